The van der Waals surface area contributed by atoms with Crippen molar-refractivity contribution in [3.63, 3.8) is 0 Å². The van der Waals surface area contributed by atoms with Crippen LogP contribution in [0, 0.1) is 11.8 Å². The molecule has 196 valence electrons. The highest BCUT2D eigenvalue weighted by atomic mass is 16.4. The zero-order valence-corrected chi connectivity index (χ0v) is 22.1. The summed E-state index contributed by atoms with van der Waals surface area (Å²) in [6.07, 6.45) is 2.66. The normalized spacial score (nSPS) is 10.8. The molecular weight excluding hydrogens is 506 g/mol. The summed E-state index contributed by atoms with van der Waals surface area (Å²) >= 11 is 0. The molecule has 0 aliphatic rings. The fraction of sp³-hybridized carbons (Fsp3) is 0. The fourth-order valence-electron chi connectivity index (χ4n) is 4.62. The second-order valence-electron chi connectivity index (χ2n) is 9.46. The number of furan rings is 1. The van der Waals surface area contributed by atoms with Gasteiger partial charge < -0.3 is 14.4 Å². The van der Waals surface area contributed by atoms with E-state index in [1.807, 2.05) is 97.1 Å². The van der Waals surface area contributed by atoms with Crippen LogP contribution < -0.4 is 4.90 Å². The smallest absolute Gasteiger partial charge is 0.328 e. The number of para-hydroxylation sites is 2. The molecule has 0 radical (unpaired) electrons. The third kappa shape index (κ3) is 5.95. The number of nitrogens with zero attached hydrogens (tertiary/aromatic N) is 1. The highest BCUT2D eigenvalue weighted by molar-refractivity contribution is 5.88. The minimum Gasteiger partial charge on any atom is -0.478 e. The SMILES string of the molecule is O=C(O)C=Cc1ccc2cc(-c3ccc(C#Cc4ccc(N(c5ccccc5)c5ccccc5)cc4)cc3)oc2c1. The molecule has 0 spiro atoms. The maximum Gasteiger partial charge on any atom is 0.328 e. The highest BCUT2D eigenvalue weighted by Gasteiger charge is 2.11. The Hall–Kier alpha value is -5.79. The summed E-state index contributed by atoms with van der Waals surface area (Å²) in [5.41, 5.74) is 7.52. The molecule has 0 saturated heterocycles. The van der Waals surface area contributed by atoms with Crippen molar-refractivity contribution in [2.45, 2.75) is 0 Å². The van der Waals surface area contributed by atoms with E-state index in [0.29, 0.717) is 5.58 Å². The number of aliphatic carboxylic acids is 1. The molecule has 0 aliphatic carbocycles. The third-order valence-corrected chi connectivity index (χ3v) is 6.64. The number of fused-ring (bicyclic) bond motifs is 1. The van der Waals surface area contributed by atoms with E-state index in [1.165, 1.54) is 0 Å². The molecule has 0 amide bonds. The molecule has 1 heterocycles. The molecule has 4 nitrogen and oxygen atoms in total. The first kappa shape index (κ1) is 25.5. The Morgan fingerprint density at radius 3 is 1.80 bits per heavy atom. The number of hydrogen-bond acceptors (Lipinski definition) is 3. The second kappa shape index (κ2) is 11.5. The van der Waals surface area contributed by atoms with Gasteiger partial charge in [0.05, 0.1) is 0 Å². The average Bonchev–Trinajstić information content (AvgIpc) is 3.45. The van der Waals surface area contributed by atoms with E-state index < -0.39 is 5.97 Å². The van der Waals surface area contributed by atoms with Crippen LogP contribution in [0.2, 0.25) is 0 Å². The van der Waals surface area contributed by atoms with Gasteiger partial charge in [0, 0.05) is 45.2 Å². The van der Waals surface area contributed by atoms with Crippen molar-refractivity contribution < 1.29 is 14.3 Å². The number of anilines is 3. The van der Waals surface area contributed by atoms with Crippen LogP contribution in [-0.2, 0) is 4.79 Å². The van der Waals surface area contributed by atoms with Crippen molar-refractivity contribution in [1.29, 1.82) is 0 Å². The van der Waals surface area contributed by atoms with Crippen LogP contribution in [0.4, 0.5) is 17.1 Å². The lowest BCUT2D eigenvalue weighted by Gasteiger charge is -2.25. The van der Waals surface area contributed by atoms with Gasteiger partial charge in [-0.3, -0.25) is 0 Å². The monoisotopic (exact) mass is 531 g/mol. The van der Waals surface area contributed by atoms with Crippen molar-refractivity contribution in [1.82, 2.24) is 0 Å². The molecule has 0 atom stereocenters. The van der Waals surface area contributed by atoms with Crippen LogP contribution in [0.1, 0.15) is 16.7 Å². The Kier molecular flexibility index (Phi) is 7.17. The Balaban J connectivity index is 1.19. The number of rotatable bonds is 6. The summed E-state index contributed by atoms with van der Waals surface area (Å²) in [4.78, 5) is 13.0. The van der Waals surface area contributed by atoms with Gasteiger partial charge in [0.25, 0.3) is 0 Å². The zero-order valence-electron chi connectivity index (χ0n) is 22.1. The van der Waals surface area contributed by atoms with Gasteiger partial charge in [0.2, 0.25) is 0 Å². The molecule has 0 saturated carbocycles. The Morgan fingerprint density at radius 2 is 1.22 bits per heavy atom. The molecule has 0 bridgehead atoms. The van der Waals surface area contributed by atoms with Crippen molar-refractivity contribution >= 4 is 40.1 Å². The van der Waals surface area contributed by atoms with Gasteiger partial charge in [-0.1, -0.05) is 72.5 Å². The van der Waals surface area contributed by atoms with Crippen LogP contribution in [0.5, 0.6) is 0 Å². The van der Waals surface area contributed by atoms with Crippen molar-refractivity contribution in [3.05, 3.63) is 156 Å². The van der Waals surface area contributed by atoms with Gasteiger partial charge in [0.15, 0.2) is 0 Å². The lowest BCUT2D eigenvalue weighted by atomic mass is 10.1. The molecule has 1 N–H and O–H groups in total. The third-order valence-electron chi connectivity index (χ3n) is 6.64. The molecule has 41 heavy (non-hydrogen) atoms. The topological polar surface area (TPSA) is 53.7 Å². The van der Waals surface area contributed by atoms with Crippen LogP contribution in [0.3, 0.4) is 0 Å². The maximum absolute atomic E-state index is 10.8. The van der Waals surface area contributed by atoms with Crippen molar-refractivity contribution in [3.8, 4) is 23.2 Å². The first-order chi connectivity index (χ1) is 20.1. The van der Waals surface area contributed by atoms with E-state index in [-0.39, 0.29) is 0 Å². The largest absolute Gasteiger partial charge is 0.478 e. The van der Waals surface area contributed by atoms with Gasteiger partial charge >= 0.3 is 5.97 Å². The lowest BCUT2D eigenvalue weighted by Crippen LogP contribution is -2.09. The maximum atomic E-state index is 10.8. The lowest BCUT2D eigenvalue weighted by molar-refractivity contribution is -0.131. The minimum absolute atomic E-state index is 0.706. The summed E-state index contributed by atoms with van der Waals surface area (Å²) in [7, 11) is 0. The standard InChI is InChI=1S/C37H25NO3/c39-37(40)24-18-29-15-21-31-26-36(41-35(31)25-29)30-19-13-27(14-20-30)11-12-28-16-22-34(23-17-28)38(32-7-3-1-4-8-32)33-9-5-2-6-10-33/h1-10,13-26H,(H,39,40). The van der Waals surface area contributed by atoms with E-state index in [4.69, 9.17) is 9.52 Å². The van der Waals surface area contributed by atoms with Crippen LogP contribution in [0.15, 0.2) is 144 Å². The molecule has 1 aromatic heterocycles. The van der Waals surface area contributed by atoms with E-state index >= 15 is 0 Å². The number of carboxylic acid groups (broad SMARTS) is 1. The van der Waals surface area contributed by atoms with Crippen LogP contribution in [-0.4, -0.2) is 11.1 Å². The van der Waals surface area contributed by atoms with Gasteiger partial charge in [-0.15, -0.1) is 0 Å². The molecular formula is C37H25NO3. The van der Waals surface area contributed by atoms with Crippen molar-refractivity contribution in [2.75, 3.05) is 4.90 Å². The molecule has 6 rings (SSSR count). The van der Waals surface area contributed by atoms with Gasteiger partial charge in [0.1, 0.15) is 11.3 Å². The van der Waals surface area contributed by atoms with E-state index in [9.17, 15) is 4.79 Å². The predicted molar refractivity (Wildman–Crippen MR) is 165 cm³/mol. The summed E-state index contributed by atoms with van der Waals surface area (Å²) < 4.78 is 6.04. The van der Waals surface area contributed by atoms with E-state index in [0.717, 1.165) is 56.5 Å². The Morgan fingerprint density at radius 1 is 0.659 bits per heavy atom. The Bertz CT molecular complexity index is 1850. The van der Waals surface area contributed by atoms with Crippen molar-refractivity contribution in [2.24, 2.45) is 0 Å². The summed E-state index contributed by atoms with van der Waals surface area (Å²) in [6, 6.07) is 44.5. The quantitative estimate of drug-likeness (QED) is 0.172. The summed E-state index contributed by atoms with van der Waals surface area (Å²) in [5.74, 6) is 6.30. The van der Waals surface area contributed by atoms with Crippen LogP contribution in [0.25, 0.3) is 28.4 Å². The molecule has 6 aromatic rings. The van der Waals surface area contributed by atoms with Gasteiger partial charge in [-0.25, -0.2) is 4.79 Å². The van der Waals surface area contributed by atoms with Crippen LogP contribution >= 0.6 is 0 Å². The number of hydrogen-bond donors (Lipinski definition) is 1. The van der Waals surface area contributed by atoms with E-state index in [1.54, 1.807) is 6.08 Å². The van der Waals surface area contributed by atoms with Gasteiger partial charge in [-0.2, -0.15) is 0 Å². The van der Waals surface area contributed by atoms with E-state index in [2.05, 4.69) is 53.1 Å². The second-order valence-corrected chi connectivity index (χ2v) is 9.46. The number of carboxylic acids is 1. The first-order valence-electron chi connectivity index (χ1n) is 13.2. The molecule has 0 aliphatic heterocycles. The minimum atomic E-state index is -0.983. The Labute approximate surface area is 238 Å². The molecule has 0 unspecified atom stereocenters. The first-order valence-corrected chi connectivity index (χ1v) is 13.2. The highest BCUT2D eigenvalue weighted by Crippen LogP contribution is 2.34. The molecule has 0 fully saturated rings. The molecule has 5 aromatic carbocycles. The molecule has 4 heteroatoms. The summed E-state index contributed by atoms with van der Waals surface area (Å²) in [6.45, 7) is 0. The fourth-order valence-corrected chi connectivity index (χ4v) is 4.62. The van der Waals surface area contributed by atoms with Gasteiger partial charge in [-0.05, 0) is 84.4 Å². The zero-order chi connectivity index (χ0) is 28.0. The number of benzene rings is 5. The number of carbonyl (C=O) groups is 1. The predicted octanol–water partition coefficient (Wildman–Crippen LogP) is 9.07. The summed E-state index contributed by atoms with van der Waals surface area (Å²) in [5, 5.41) is 9.81. The average molecular weight is 532 g/mol.